The first-order chi connectivity index (χ1) is 3.64. The lowest BCUT2D eigenvalue weighted by atomic mass is 9.86. The monoisotopic (exact) mass is 115 g/mol. The van der Waals surface area contributed by atoms with Crippen molar-refractivity contribution in [3.63, 3.8) is 0 Å². The third-order valence-electron chi connectivity index (χ3n) is 1.57. The summed E-state index contributed by atoms with van der Waals surface area (Å²) in [7, 11) is 0. The van der Waals surface area contributed by atoms with Crippen molar-refractivity contribution in [2.75, 3.05) is 6.61 Å². The van der Waals surface area contributed by atoms with Gasteiger partial charge in [-0.05, 0) is 20.3 Å². The maximum absolute atomic E-state index is 8.56. The van der Waals surface area contributed by atoms with E-state index in [1.54, 1.807) is 0 Å². The molecule has 1 heterocycles. The number of aliphatic hydroxyl groups excluding tert-OH is 1. The fraction of sp³-hybridized carbons (Fsp3) is 1.00. The Morgan fingerprint density at radius 1 is 1.75 bits per heavy atom. The first-order valence-electron chi connectivity index (χ1n) is 3.02. The Morgan fingerprint density at radius 2 is 2.25 bits per heavy atom. The molecule has 1 saturated heterocycles. The standard InChI is InChI=1S/C6H13NO/c1-6(2)3-5(4-8)7-6/h5,7-8H,3-4H2,1-2H3/t5-/m1/s1. The summed E-state index contributed by atoms with van der Waals surface area (Å²) in [4.78, 5) is 0. The Labute approximate surface area is 49.9 Å². The predicted octanol–water partition coefficient (Wildman–Crippen LogP) is 0.119. The molecule has 1 aliphatic rings. The second kappa shape index (κ2) is 1.71. The van der Waals surface area contributed by atoms with E-state index in [9.17, 15) is 0 Å². The summed E-state index contributed by atoms with van der Waals surface area (Å²) in [6.07, 6.45) is 1.10. The lowest BCUT2D eigenvalue weighted by Gasteiger charge is -2.43. The van der Waals surface area contributed by atoms with Gasteiger partial charge in [0.25, 0.3) is 0 Å². The molecule has 0 saturated carbocycles. The summed E-state index contributed by atoms with van der Waals surface area (Å²) in [6, 6.07) is 0.366. The van der Waals surface area contributed by atoms with Crippen LogP contribution in [0.4, 0.5) is 0 Å². The van der Waals surface area contributed by atoms with Crippen molar-refractivity contribution in [1.29, 1.82) is 0 Å². The maximum atomic E-state index is 8.56. The summed E-state index contributed by atoms with van der Waals surface area (Å²) >= 11 is 0. The second-order valence-electron chi connectivity index (χ2n) is 3.11. The SMILES string of the molecule is CC1(C)C[C@H](CO)N1. The lowest BCUT2D eigenvalue weighted by Crippen LogP contribution is -2.61. The van der Waals surface area contributed by atoms with Crippen LogP contribution >= 0.6 is 0 Å². The van der Waals surface area contributed by atoms with Crippen LogP contribution in [0.5, 0.6) is 0 Å². The third kappa shape index (κ3) is 1.01. The summed E-state index contributed by atoms with van der Waals surface area (Å²) in [5.41, 5.74) is 0.285. The first kappa shape index (κ1) is 6.05. The van der Waals surface area contributed by atoms with Crippen molar-refractivity contribution in [3.05, 3.63) is 0 Å². The van der Waals surface area contributed by atoms with Crippen molar-refractivity contribution < 1.29 is 5.11 Å². The van der Waals surface area contributed by atoms with E-state index in [0.29, 0.717) is 6.04 Å². The molecule has 0 aromatic carbocycles. The van der Waals surface area contributed by atoms with E-state index in [4.69, 9.17) is 5.11 Å². The quantitative estimate of drug-likeness (QED) is 0.508. The minimum absolute atomic E-state index is 0.281. The number of nitrogens with one attached hydrogen (secondary N) is 1. The Hall–Kier alpha value is -0.0800. The van der Waals surface area contributed by atoms with E-state index < -0.39 is 0 Å². The molecule has 2 nitrogen and oxygen atoms in total. The predicted molar refractivity (Wildman–Crippen MR) is 32.7 cm³/mol. The lowest BCUT2D eigenvalue weighted by molar-refractivity contribution is 0.109. The zero-order chi connectivity index (χ0) is 6.20. The molecule has 1 atom stereocenters. The van der Waals surface area contributed by atoms with Gasteiger partial charge in [0.1, 0.15) is 0 Å². The molecular formula is C6H13NO. The molecule has 0 unspecified atom stereocenters. The van der Waals surface area contributed by atoms with Gasteiger partial charge in [-0.1, -0.05) is 0 Å². The fourth-order valence-electron chi connectivity index (χ4n) is 1.26. The zero-order valence-corrected chi connectivity index (χ0v) is 5.44. The van der Waals surface area contributed by atoms with Gasteiger partial charge in [0.2, 0.25) is 0 Å². The van der Waals surface area contributed by atoms with Gasteiger partial charge < -0.3 is 10.4 Å². The van der Waals surface area contributed by atoms with Crippen LogP contribution in [0, 0.1) is 0 Å². The summed E-state index contributed by atoms with van der Waals surface area (Å²) in [6.45, 7) is 4.56. The summed E-state index contributed by atoms with van der Waals surface area (Å²) < 4.78 is 0. The maximum Gasteiger partial charge on any atom is 0.0585 e. The first-order valence-corrected chi connectivity index (χ1v) is 3.02. The van der Waals surface area contributed by atoms with Crippen LogP contribution in [-0.4, -0.2) is 23.3 Å². The van der Waals surface area contributed by atoms with Gasteiger partial charge in [0.05, 0.1) is 6.61 Å². The molecule has 0 spiro atoms. The Morgan fingerprint density at radius 3 is 2.38 bits per heavy atom. The van der Waals surface area contributed by atoms with Crippen LogP contribution in [0.25, 0.3) is 0 Å². The van der Waals surface area contributed by atoms with E-state index in [1.807, 2.05) is 0 Å². The van der Waals surface area contributed by atoms with Crippen molar-refractivity contribution in [2.24, 2.45) is 0 Å². The molecule has 2 heteroatoms. The van der Waals surface area contributed by atoms with Gasteiger partial charge in [-0.3, -0.25) is 0 Å². The van der Waals surface area contributed by atoms with E-state index in [-0.39, 0.29) is 12.1 Å². The molecule has 0 aromatic heterocycles. The third-order valence-corrected chi connectivity index (χ3v) is 1.57. The minimum atomic E-state index is 0.281. The molecule has 0 aromatic rings. The molecule has 48 valence electrons. The van der Waals surface area contributed by atoms with Crippen LogP contribution < -0.4 is 5.32 Å². The van der Waals surface area contributed by atoms with Crippen LogP contribution in [0.15, 0.2) is 0 Å². The fourth-order valence-corrected chi connectivity index (χ4v) is 1.26. The number of hydrogen-bond donors (Lipinski definition) is 2. The van der Waals surface area contributed by atoms with E-state index in [2.05, 4.69) is 19.2 Å². The normalized spacial score (nSPS) is 34.1. The number of hydrogen-bond acceptors (Lipinski definition) is 2. The van der Waals surface area contributed by atoms with Crippen molar-refractivity contribution in [1.82, 2.24) is 5.32 Å². The molecule has 0 radical (unpaired) electrons. The smallest absolute Gasteiger partial charge is 0.0585 e. The van der Waals surface area contributed by atoms with E-state index in [1.165, 1.54) is 0 Å². The molecule has 1 fully saturated rings. The molecule has 0 bridgehead atoms. The number of rotatable bonds is 1. The highest BCUT2D eigenvalue weighted by Crippen LogP contribution is 2.21. The molecule has 2 N–H and O–H groups in total. The Kier molecular flexibility index (Phi) is 1.29. The van der Waals surface area contributed by atoms with Crippen molar-refractivity contribution in [2.45, 2.75) is 31.8 Å². The summed E-state index contributed by atoms with van der Waals surface area (Å²) in [5.74, 6) is 0. The largest absolute Gasteiger partial charge is 0.395 e. The van der Waals surface area contributed by atoms with E-state index >= 15 is 0 Å². The van der Waals surface area contributed by atoms with Gasteiger partial charge in [-0.25, -0.2) is 0 Å². The van der Waals surface area contributed by atoms with Gasteiger partial charge in [0, 0.05) is 11.6 Å². The van der Waals surface area contributed by atoms with Gasteiger partial charge in [0.15, 0.2) is 0 Å². The Bertz CT molecular complexity index is 82.5. The molecule has 8 heavy (non-hydrogen) atoms. The second-order valence-corrected chi connectivity index (χ2v) is 3.11. The van der Waals surface area contributed by atoms with Gasteiger partial charge in [-0.2, -0.15) is 0 Å². The molecule has 0 amide bonds. The van der Waals surface area contributed by atoms with Crippen molar-refractivity contribution >= 4 is 0 Å². The number of aliphatic hydroxyl groups is 1. The average molecular weight is 115 g/mol. The molecule has 0 aliphatic carbocycles. The molecular weight excluding hydrogens is 102 g/mol. The van der Waals surface area contributed by atoms with Gasteiger partial charge in [-0.15, -0.1) is 0 Å². The van der Waals surface area contributed by atoms with Crippen LogP contribution in [0.1, 0.15) is 20.3 Å². The van der Waals surface area contributed by atoms with Crippen LogP contribution in [0.3, 0.4) is 0 Å². The van der Waals surface area contributed by atoms with E-state index in [0.717, 1.165) is 6.42 Å². The highest BCUT2D eigenvalue weighted by atomic mass is 16.3. The van der Waals surface area contributed by atoms with Crippen LogP contribution in [-0.2, 0) is 0 Å². The average Bonchev–Trinajstić information content (AvgIpc) is 1.60. The minimum Gasteiger partial charge on any atom is -0.395 e. The van der Waals surface area contributed by atoms with Crippen molar-refractivity contribution in [3.8, 4) is 0 Å². The highest BCUT2D eigenvalue weighted by Gasteiger charge is 2.33. The molecule has 1 rings (SSSR count). The zero-order valence-electron chi connectivity index (χ0n) is 5.44. The topological polar surface area (TPSA) is 32.3 Å². The summed E-state index contributed by atoms with van der Waals surface area (Å²) in [5, 5.41) is 11.8. The molecule has 1 aliphatic heterocycles. The van der Waals surface area contributed by atoms with Crippen LogP contribution in [0.2, 0.25) is 0 Å². The highest BCUT2D eigenvalue weighted by molar-refractivity contribution is 4.95. The Balaban J connectivity index is 2.21. The van der Waals surface area contributed by atoms with Gasteiger partial charge >= 0.3 is 0 Å².